The quantitative estimate of drug-likeness (QED) is 0.509. The van der Waals surface area contributed by atoms with E-state index in [-0.39, 0.29) is 11.2 Å². The Hall–Kier alpha value is -0.840. The largest absolute Gasteiger partial charge is 0.444 e. The third-order valence-electron chi connectivity index (χ3n) is 1.23. The van der Waals surface area contributed by atoms with Gasteiger partial charge in [0, 0.05) is 0 Å². The van der Waals surface area contributed by atoms with Gasteiger partial charge < -0.3 is 10.5 Å². The molecule has 1 aliphatic rings. The lowest BCUT2D eigenvalue weighted by atomic mass is 10.4. The van der Waals surface area contributed by atoms with Gasteiger partial charge in [-0.3, -0.25) is 4.90 Å². The molecule has 1 unspecified atom stereocenters. The van der Waals surface area contributed by atoms with Crippen LogP contribution >= 0.6 is 12.2 Å². The summed E-state index contributed by atoms with van der Waals surface area (Å²) in [6, 6.07) is 0. The van der Waals surface area contributed by atoms with Crippen molar-refractivity contribution in [3.63, 3.8) is 0 Å². The zero-order valence-corrected chi connectivity index (χ0v) is 6.35. The summed E-state index contributed by atoms with van der Waals surface area (Å²) in [4.78, 5) is 12.0. The lowest BCUT2D eigenvalue weighted by Crippen LogP contribution is -2.36. The minimum Gasteiger partial charge on any atom is -0.444 e. The first-order chi connectivity index (χ1) is 4.61. The molecular formula is C5H8N2O2S. The number of nitrogens with two attached hydrogens (primary N) is 1. The van der Waals surface area contributed by atoms with Crippen molar-refractivity contribution in [2.24, 2.45) is 5.73 Å². The van der Waals surface area contributed by atoms with Crippen molar-refractivity contribution in [3.05, 3.63) is 0 Å². The Kier molecular flexibility index (Phi) is 1.76. The molecule has 0 bridgehead atoms. The SMILES string of the molecule is CC1CN(C(N)=S)C(=O)O1. The minimum atomic E-state index is -0.444. The van der Waals surface area contributed by atoms with Gasteiger partial charge >= 0.3 is 6.09 Å². The molecule has 4 nitrogen and oxygen atoms in total. The molecule has 1 aliphatic heterocycles. The van der Waals surface area contributed by atoms with Crippen LogP contribution in [0.2, 0.25) is 0 Å². The van der Waals surface area contributed by atoms with E-state index in [1.54, 1.807) is 6.92 Å². The van der Waals surface area contributed by atoms with E-state index in [1.165, 1.54) is 4.90 Å². The van der Waals surface area contributed by atoms with Gasteiger partial charge in [-0.1, -0.05) is 0 Å². The molecule has 1 fully saturated rings. The Bertz CT molecular complexity index is 182. The van der Waals surface area contributed by atoms with E-state index in [1.807, 2.05) is 0 Å². The molecule has 0 aromatic rings. The van der Waals surface area contributed by atoms with E-state index in [2.05, 4.69) is 12.2 Å². The molecular weight excluding hydrogens is 152 g/mol. The van der Waals surface area contributed by atoms with E-state index in [0.29, 0.717) is 6.54 Å². The fourth-order valence-corrected chi connectivity index (χ4v) is 0.934. The van der Waals surface area contributed by atoms with Gasteiger partial charge in [0.25, 0.3) is 0 Å². The first-order valence-electron chi connectivity index (χ1n) is 2.89. The molecule has 2 N–H and O–H groups in total. The maximum Gasteiger partial charge on any atom is 0.416 e. The average molecular weight is 160 g/mol. The van der Waals surface area contributed by atoms with Gasteiger partial charge in [0.1, 0.15) is 6.10 Å². The summed E-state index contributed by atoms with van der Waals surface area (Å²) in [6.07, 6.45) is -0.547. The van der Waals surface area contributed by atoms with E-state index in [4.69, 9.17) is 10.5 Å². The fourth-order valence-electron chi connectivity index (χ4n) is 0.785. The van der Waals surface area contributed by atoms with Gasteiger partial charge in [0.2, 0.25) is 0 Å². The molecule has 1 rings (SSSR count). The van der Waals surface area contributed by atoms with Crippen molar-refractivity contribution in [1.29, 1.82) is 0 Å². The number of thiocarbonyl (C=S) groups is 1. The van der Waals surface area contributed by atoms with Crippen LogP contribution in [0.25, 0.3) is 0 Å². The molecule has 1 heterocycles. The second-order valence-electron chi connectivity index (χ2n) is 2.14. The van der Waals surface area contributed by atoms with Gasteiger partial charge in [-0.2, -0.15) is 0 Å². The third-order valence-corrected chi connectivity index (χ3v) is 1.45. The van der Waals surface area contributed by atoms with E-state index < -0.39 is 6.09 Å². The molecule has 5 heteroatoms. The van der Waals surface area contributed by atoms with Gasteiger partial charge in [-0.05, 0) is 19.1 Å². The van der Waals surface area contributed by atoms with E-state index in [0.717, 1.165) is 0 Å². The molecule has 1 amide bonds. The normalized spacial score (nSPS) is 24.7. The Balaban J connectivity index is 2.63. The Labute approximate surface area is 63.9 Å². The van der Waals surface area contributed by atoms with Crippen LogP contribution in [0.3, 0.4) is 0 Å². The number of rotatable bonds is 0. The number of hydrogen-bond acceptors (Lipinski definition) is 3. The van der Waals surface area contributed by atoms with Crippen molar-refractivity contribution < 1.29 is 9.53 Å². The Morgan fingerprint density at radius 2 is 2.60 bits per heavy atom. The van der Waals surface area contributed by atoms with Gasteiger partial charge in [-0.25, -0.2) is 4.79 Å². The predicted molar refractivity (Wildman–Crippen MR) is 39.4 cm³/mol. The second-order valence-corrected chi connectivity index (χ2v) is 2.56. The molecule has 0 radical (unpaired) electrons. The molecule has 1 saturated heterocycles. The minimum absolute atomic E-state index is 0.0781. The zero-order chi connectivity index (χ0) is 7.72. The third kappa shape index (κ3) is 1.18. The molecule has 0 aromatic heterocycles. The van der Waals surface area contributed by atoms with Crippen LogP contribution in [0.5, 0.6) is 0 Å². The van der Waals surface area contributed by atoms with Gasteiger partial charge in [0.05, 0.1) is 6.54 Å². The first-order valence-corrected chi connectivity index (χ1v) is 3.29. The summed E-state index contributed by atoms with van der Waals surface area (Å²) in [5.74, 6) is 0. The maximum atomic E-state index is 10.8. The summed E-state index contributed by atoms with van der Waals surface area (Å²) in [5, 5.41) is 0.0781. The van der Waals surface area contributed by atoms with Crippen LogP contribution in [0, 0.1) is 0 Å². The molecule has 0 spiro atoms. The Morgan fingerprint density at radius 3 is 2.80 bits per heavy atom. The van der Waals surface area contributed by atoms with Crippen LogP contribution in [0.4, 0.5) is 4.79 Å². The number of nitrogens with zero attached hydrogens (tertiary/aromatic N) is 1. The predicted octanol–water partition coefficient (Wildman–Crippen LogP) is 0.0707. The zero-order valence-electron chi connectivity index (χ0n) is 5.53. The summed E-state index contributed by atoms with van der Waals surface area (Å²) >= 11 is 4.59. The molecule has 56 valence electrons. The van der Waals surface area contributed by atoms with Crippen LogP contribution < -0.4 is 5.73 Å². The van der Waals surface area contributed by atoms with Crippen molar-refractivity contribution in [2.45, 2.75) is 13.0 Å². The van der Waals surface area contributed by atoms with E-state index in [9.17, 15) is 4.79 Å². The smallest absolute Gasteiger partial charge is 0.416 e. The number of carbonyl (C=O) groups excluding carboxylic acids is 1. The van der Waals surface area contributed by atoms with Crippen molar-refractivity contribution >= 4 is 23.4 Å². The number of ether oxygens (including phenoxy) is 1. The number of carbonyl (C=O) groups is 1. The number of hydrogen-bond donors (Lipinski definition) is 1. The van der Waals surface area contributed by atoms with Crippen LogP contribution in [0.1, 0.15) is 6.92 Å². The van der Waals surface area contributed by atoms with Crippen molar-refractivity contribution in [2.75, 3.05) is 6.54 Å². The van der Waals surface area contributed by atoms with Crippen molar-refractivity contribution in [3.8, 4) is 0 Å². The summed E-state index contributed by atoms with van der Waals surface area (Å²) in [6.45, 7) is 2.25. The monoisotopic (exact) mass is 160 g/mol. The summed E-state index contributed by atoms with van der Waals surface area (Å²) in [7, 11) is 0. The summed E-state index contributed by atoms with van der Waals surface area (Å²) in [5.41, 5.74) is 5.21. The molecule has 0 aliphatic carbocycles. The lowest BCUT2D eigenvalue weighted by Gasteiger charge is -2.07. The van der Waals surface area contributed by atoms with Crippen LogP contribution in [0.15, 0.2) is 0 Å². The van der Waals surface area contributed by atoms with Crippen molar-refractivity contribution in [1.82, 2.24) is 4.90 Å². The Morgan fingerprint density at radius 1 is 2.00 bits per heavy atom. The molecule has 0 aromatic carbocycles. The second kappa shape index (κ2) is 2.42. The highest BCUT2D eigenvalue weighted by Crippen LogP contribution is 2.09. The summed E-state index contributed by atoms with van der Waals surface area (Å²) < 4.78 is 4.75. The van der Waals surface area contributed by atoms with Gasteiger partial charge in [-0.15, -0.1) is 0 Å². The average Bonchev–Trinajstić information content (AvgIpc) is 2.10. The highest BCUT2D eigenvalue weighted by molar-refractivity contribution is 7.80. The maximum absolute atomic E-state index is 10.8. The first kappa shape index (κ1) is 7.27. The highest BCUT2D eigenvalue weighted by Gasteiger charge is 2.29. The number of amides is 1. The highest BCUT2D eigenvalue weighted by atomic mass is 32.1. The standard InChI is InChI=1S/C5H8N2O2S/c1-3-2-7(4(6)10)5(8)9-3/h3H,2H2,1H3,(H2,6,10). The van der Waals surface area contributed by atoms with E-state index >= 15 is 0 Å². The molecule has 1 atom stereocenters. The van der Waals surface area contributed by atoms with Crippen LogP contribution in [-0.4, -0.2) is 28.8 Å². The van der Waals surface area contributed by atoms with Crippen LogP contribution in [-0.2, 0) is 4.74 Å². The topological polar surface area (TPSA) is 55.6 Å². The fraction of sp³-hybridized carbons (Fsp3) is 0.600. The lowest BCUT2D eigenvalue weighted by molar-refractivity contribution is 0.143. The number of cyclic esters (lactones) is 1. The molecule has 0 saturated carbocycles. The molecule has 10 heavy (non-hydrogen) atoms. The van der Waals surface area contributed by atoms with Gasteiger partial charge in [0.15, 0.2) is 5.11 Å².